The summed E-state index contributed by atoms with van der Waals surface area (Å²) in [4.78, 5) is 6.83. The Labute approximate surface area is 94.8 Å². The molecule has 15 heavy (non-hydrogen) atoms. The zero-order valence-electron chi connectivity index (χ0n) is 8.93. The molecule has 1 N–H and O–H groups in total. The first-order chi connectivity index (χ1) is 7.40. The smallest absolute Gasteiger partial charge is 0.0795 e. The highest BCUT2D eigenvalue weighted by molar-refractivity contribution is 7.07. The number of unbranched alkanes of at least 4 members (excludes halogenated alkanes) is 1. The molecule has 1 aliphatic rings. The Kier molecular flexibility index (Phi) is 4.11. The molecule has 0 bridgehead atoms. The second kappa shape index (κ2) is 5.58. The van der Waals surface area contributed by atoms with E-state index in [0.717, 1.165) is 32.0 Å². The van der Waals surface area contributed by atoms with Crippen molar-refractivity contribution in [3.05, 3.63) is 16.6 Å². The largest absolute Gasteiger partial charge is 0.396 e. The molecule has 0 radical (unpaired) electrons. The molecule has 1 aliphatic carbocycles. The van der Waals surface area contributed by atoms with E-state index in [0.29, 0.717) is 6.61 Å². The fourth-order valence-electron chi connectivity index (χ4n) is 1.78. The van der Waals surface area contributed by atoms with Crippen LogP contribution < -0.4 is 0 Å². The van der Waals surface area contributed by atoms with Crippen LogP contribution in [-0.4, -0.2) is 34.2 Å². The maximum atomic E-state index is 8.76. The number of hydrogen-bond acceptors (Lipinski definition) is 4. The number of aromatic nitrogens is 1. The number of thiazole rings is 1. The van der Waals surface area contributed by atoms with Gasteiger partial charge in [-0.25, -0.2) is 4.98 Å². The summed E-state index contributed by atoms with van der Waals surface area (Å²) in [6, 6.07) is 0.783. The van der Waals surface area contributed by atoms with E-state index in [9.17, 15) is 0 Å². The summed E-state index contributed by atoms with van der Waals surface area (Å²) in [5.74, 6) is 0. The van der Waals surface area contributed by atoms with E-state index < -0.39 is 0 Å². The molecule has 1 aromatic rings. The van der Waals surface area contributed by atoms with E-state index in [2.05, 4.69) is 15.3 Å². The van der Waals surface area contributed by atoms with Crippen molar-refractivity contribution in [2.45, 2.75) is 38.3 Å². The fraction of sp³-hybridized carbons (Fsp3) is 0.727. The molecule has 0 aliphatic heterocycles. The minimum Gasteiger partial charge on any atom is -0.396 e. The third-order valence-corrected chi connectivity index (χ3v) is 3.40. The predicted octanol–water partition coefficient (Wildman–Crippen LogP) is 1.88. The van der Waals surface area contributed by atoms with Gasteiger partial charge in [-0.3, -0.25) is 4.90 Å². The van der Waals surface area contributed by atoms with Gasteiger partial charge in [0, 0.05) is 24.6 Å². The number of nitrogens with zero attached hydrogens (tertiary/aromatic N) is 2. The topological polar surface area (TPSA) is 36.4 Å². The van der Waals surface area contributed by atoms with Crippen molar-refractivity contribution < 1.29 is 5.11 Å². The van der Waals surface area contributed by atoms with Crippen LogP contribution in [0.1, 0.15) is 31.4 Å². The lowest BCUT2D eigenvalue weighted by atomic mass is 10.3. The maximum absolute atomic E-state index is 8.76. The summed E-state index contributed by atoms with van der Waals surface area (Å²) in [5, 5.41) is 10.9. The van der Waals surface area contributed by atoms with E-state index in [1.54, 1.807) is 11.3 Å². The van der Waals surface area contributed by atoms with E-state index in [4.69, 9.17) is 5.11 Å². The molecule has 0 aromatic carbocycles. The molecule has 0 saturated heterocycles. The van der Waals surface area contributed by atoms with E-state index in [-0.39, 0.29) is 0 Å². The van der Waals surface area contributed by atoms with Crippen LogP contribution in [-0.2, 0) is 6.54 Å². The molecule has 84 valence electrons. The molecule has 0 unspecified atom stereocenters. The molecular weight excluding hydrogens is 208 g/mol. The molecule has 0 amide bonds. The number of aliphatic hydroxyl groups excluding tert-OH is 1. The van der Waals surface area contributed by atoms with Gasteiger partial charge in [-0.1, -0.05) is 0 Å². The van der Waals surface area contributed by atoms with E-state index in [1.807, 2.05) is 5.51 Å². The van der Waals surface area contributed by atoms with Crippen molar-refractivity contribution in [2.24, 2.45) is 0 Å². The summed E-state index contributed by atoms with van der Waals surface area (Å²) in [6.07, 6.45) is 4.68. The average Bonchev–Trinajstić information content (AvgIpc) is 2.97. The second-order valence-electron chi connectivity index (χ2n) is 4.11. The Morgan fingerprint density at radius 2 is 2.33 bits per heavy atom. The average molecular weight is 226 g/mol. The minimum atomic E-state index is 0.315. The third kappa shape index (κ3) is 3.55. The van der Waals surface area contributed by atoms with Gasteiger partial charge in [-0.2, -0.15) is 0 Å². The van der Waals surface area contributed by atoms with Gasteiger partial charge in [-0.15, -0.1) is 11.3 Å². The second-order valence-corrected chi connectivity index (χ2v) is 4.83. The quantitative estimate of drug-likeness (QED) is 0.721. The molecule has 0 atom stereocenters. The Hall–Kier alpha value is -0.450. The van der Waals surface area contributed by atoms with Crippen LogP contribution in [0.15, 0.2) is 10.9 Å². The molecule has 1 aromatic heterocycles. The highest BCUT2D eigenvalue weighted by atomic mass is 32.1. The number of hydrogen-bond donors (Lipinski definition) is 1. The van der Waals surface area contributed by atoms with Gasteiger partial charge in [0.25, 0.3) is 0 Å². The molecule has 0 spiro atoms. The van der Waals surface area contributed by atoms with Crippen LogP contribution >= 0.6 is 11.3 Å². The van der Waals surface area contributed by atoms with Gasteiger partial charge in [0.15, 0.2) is 0 Å². The normalized spacial score (nSPS) is 16.1. The lowest BCUT2D eigenvalue weighted by Gasteiger charge is -2.20. The Bertz CT molecular complexity index is 272. The highest BCUT2D eigenvalue weighted by Crippen LogP contribution is 2.28. The first-order valence-electron chi connectivity index (χ1n) is 5.62. The molecule has 1 saturated carbocycles. The molecule has 4 heteroatoms. The summed E-state index contributed by atoms with van der Waals surface area (Å²) in [5.41, 5.74) is 3.09. The summed E-state index contributed by atoms with van der Waals surface area (Å²) in [7, 11) is 0. The van der Waals surface area contributed by atoms with Crippen molar-refractivity contribution in [1.29, 1.82) is 0 Å². The first kappa shape index (κ1) is 11.0. The van der Waals surface area contributed by atoms with Crippen LogP contribution in [0, 0.1) is 0 Å². The van der Waals surface area contributed by atoms with E-state index >= 15 is 0 Å². The summed E-state index contributed by atoms with van der Waals surface area (Å²) < 4.78 is 0. The van der Waals surface area contributed by atoms with Crippen molar-refractivity contribution in [3.8, 4) is 0 Å². The molecule has 1 heterocycles. The van der Waals surface area contributed by atoms with Crippen LogP contribution in [0.25, 0.3) is 0 Å². The molecule has 1 fully saturated rings. The molecule has 3 nitrogen and oxygen atoms in total. The van der Waals surface area contributed by atoms with Crippen LogP contribution in [0.3, 0.4) is 0 Å². The van der Waals surface area contributed by atoms with Gasteiger partial charge in [-0.05, 0) is 32.2 Å². The maximum Gasteiger partial charge on any atom is 0.0795 e. The number of rotatable bonds is 7. The van der Waals surface area contributed by atoms with Crippen LogP contribution in [0.5, 0.6) is 0 Å². The van der Waals surface area contributed by atoms with Gasteiger partial charge in [0.1, 0.15) is 0 Å². The fourth-order valence-corrected chi connectivity index (χ4v) is 2.33. The van der Waals surface area contributed by atoms with Gasteiger partial charge in [0.05, 0.1) is 11.2 Å². The SMILES string of the molecule is OCCCCN(Cc1cscn1)C1CC1. The Morgan fingerprint density at radius 1 is 1.47 bits per heavy atom. The lowest BCUT2D eigenvalue weighted by molar-refractivity contribution is 0.227. The monoisotopic (exact) mass is 226 g/mol. The zero-order valence-corrected chi connectivity index (χ0v) is 9.75. The zero-order chi connectivity index (χ0) is 10.5. The standard InChI is InChI=1S/C11H18N2OS/c14-6-2-1-5-13(11-3-4-11)7-10-8-15-9-12-10/h8-9,11,14H,1-7H2. The molecular formula is C11H18N2OS. The predicted molar refractivity (Wildman–Crippen MR) is 61.9 cm³/mol. The van der Waals surface area contributed by atoms with Crippen molar-refractivity contribution in [1.82, 2.24) is 9.88 Å². The van der Waals surface area contributed by atoms with Gasteiger partial charge < -0.3 is 5.11 Å². The van der Waals surface area contributed by atoms with Crippen molar-refractivity contribution in [2.75, 3.05) is 13.2 Å². The summed E-state index contributed by atoms with van der Waals surface area (Å²) >= 11 is 1.66. The number of aliphatic hydroxyl groups is 1. The Morgan fingerprint density at radius 3 is 2.93 bits per heavy atom. The van der Waals surface area contributed by atoms with Crippen molar-refractivity contribution >= 4 is 11.3 Å². The van der Waals surface area contributed by atoms with E-state index in [1.165, 1.54) is 18.5 Å². The Balaban J connectivity index is 1.78. The van der Waals surface area contributed by atoms with Gasteiger partial charge >= 0.3 is 0 Å². The minimum absolute atomic E-state index is 0.315. The molecule has 2 rings (SSSR count). The van der Waals surface area contributed by atoms with Gasteiger partial charge in [0.2, 0.25) is 0 Å². The third-order valence-electron chi connectivity index (χ3n) is 2.77. The lowest BCUT2D eigenvalue weighted by Crippen LogP contribution is -2.27. The summed E-state index contributed by atoms with van der Waals surface area (Å²) in [6.45, 7) is 2.40. The van der Waals surface area contributed by atoms with Crippen LogP contribution in [0.4, 0.5) is 0 Å². The van der Waals surface area contributed by atoms with Crippen LogP contribution in [0.2, 0.25) is 0 Å². The first-order valence-corrected chi connectivity index (χ1v) is 6.56. The van der Waals surface area contributed by atoms with Crippen molar-refractivity contribution in [3.63, 3.8) is 0 Å². The highest BCUT2D eigenvalue weighted by Gasteiger charge is 2.28.